The van der Waals surface area contributed by atoms with Crippen LogP contribution in [0.4, 0.5) is 5.69 Å². The lowest BCUT2D eigenvalue weighted by Gasteiger charge is -2.37. The lowest BCUT2D eigenvalue weighted by molar-refractivity contribution is 0.148. The van der Waals surface area contributed by atoms with E-state index in [0.29, 0.717) is 6.04 Å². The van der Waals surface area contributed by atoms with E-state index in [9.17, 15) is 0 Å². The molecule has 0 spiro atoms. The maximum atomic E-state index is 2.62. The Morgan fingerprint density at radius 2 is 1.48 bits per heavy atom. The molecule has 0 bridgehead atoms. The number of nitrogens with zero attached hydrogens (tertiary/aromatic N) is 3. The van der Waals surface area contributed by atoms with E-state index < -0.39 is 0 Å². The van der Waals surface area contributed by atoms with E-state index in [0.717, 1.165) is 13.1 Å². The Bertz CT molecular complexity index is 675. The van der Waals surface area contributed by atoms with Gasteiger partial charge in [0.1, 0.15) is 0 Å². The normalized spacial score (nSPS) is 18.9. The van der Waals surface area contributed by atoms with E-state index in [4.69, 9.17) is 0 Å². The summed E-state index contributed by atoms with van der Waals surface area (Å²) in [6.45, 7) is 4.60. The fraction of sp³-hybridized carbons (Fsp3) is 0.364. The van der Waals surface area contributed by atoms with Crippen LogP contribution in [-0.4, -0.2) is 42.1 Å². The molecule has 2 aromatic carbocycles. The molecule has 2 aliphatic rings. The van der Waals surface area contributed by atoms with Crippen LogP contribution in [0, 0.1) is 0 Å². The summed E-state index contributed by atoms with van der Waals surface area (Å²) in [6.07, 6.45) is 8.19. The standard InChI is InChI=1S/C22H27N3/c1-3-7-20(8-4-1)11-14-23-15-12-22(13-16-23)25-18-17-24(19-25)21-9-5-2-6-10-21/h1-10,17-18,22H,11-16,19H2. The highest BCUT2D eigenvalue weighted by Gasteiger charge is 2.26. The first-order chi connectivity index (χ1) is 12.4. The Morgan fingerprint density at radius 3 is 2.20 bits per heavy atom. The van der Waals surface area contributed by atoms with Gasteiger partial charge in [-0.2, -0.15) is 0 Å². The summed E-state index contributed by atoms with van der Waals surface area (Å²) < 4.78 is 0. The Morgan fingerprint density at radius 1 is 0.800 bits per heavy atom. The summed E-state index contributed by atoms with van der Waals surface area (Å²) in [6, 6.07) is 22.2. The lowest BCUT2D eigenvalue weighted by Crippen LogP contribution is -2.44. The highest BCUT2D eigenvalue weighted by molar-refractivity contribution is 5.49. The van der Waals surface area contributed by atoms with Gasteiger partial charge in [-0.1, -0.05) is 48.5 Å². The molecule has 0 atom stereocenters. The molecule has 0 unspecified atom stereocenters. The van der Waals surface area contributed by atoms with Gasteiger partial charge in [0, 0.05) is 43.8 Å². The average Bonchev–Trinajstić information content (AvgIpc) is 3.19. The van der Waals surface area contributed by atoms with Crippen LogP contribution in [-0.2, 0) is 6.42 Å². The van der Waals surface area contributed by atoms with Gasteiger partial charge >= 0.3 is 0 Å². The molecule has 3 heteroatoms. The molecule has 2 aromatic rings. The highest BCUT2D eigenvalue weighted by Crippen LogP contribution is 2.24. The molecule has 25 heavy (non-hydrogen) atoms. The molecule has 0 N–H and O–H groups in total. The number of hydrogen-bond donors (Lipinski definition) is 0. The second-order valence-electron chi connectivity index (χ2n) is 7.07. The van der Waals surface area contributed by atoms with E-state index in [-0.39, 0.29) is 0 Å². The predicted octanol–water partition coefficient (Wildman–Crippen LogP) is 3.94. The van der Waals surface area contributed by atoms with Crippen LogP contribution in [0.25, 0.3) is 0 Å². The second kappa shape index (κ2) is 7.75. The van der Waals surface area contributed by atoms with E-state index in [1.54, 1.807) is 0 Å². The van der Waals surface area contributed by atoms with Crippen molar-refractivity contribution in [3.8, 4) is 0 Å². The van der Waals surface area contributed by atoms with Crippen molar-refractivity contribution >= 4 is 5.69 Å². The molecule has 4 rings (SSSR count). The molecule has 0 aromatic heterocycles. The summed E-state index contributed by atoms with van der Waals surface area (Å²) >= 11 is 0. The lowest BCUT2D eigenvalue weighted by atomic mass is 10.0. The third kappa shape index (κ3) is 4.05. The van der Waals surface area contributed by atoms with Gasteiger partial charge in [-0.3, -0.25) is 0 Å². The number of hydrogen-bond acceptors (Lipinski definition) is 3. The van der Waals surface area contributed by atoms with Crippen molar-refractivity contribution in [1.29, 1.82) is 0 Å². The number of piperidine rings is 1. The van der Waals surface area contributed by atoms with Crippen LogP contribution in [0.15, 0.2) is 73.1 Å². The van der Waals surface area contributed by atoms with Gasteiger partial charge in [0.15, 0.2) is 0 Å². The third-order valence-electron chi connectivity index (χ3n) is 5.43. The zero-order valence-corrected chi connectivity index (χ0v) is 14.8. The van der Waals surface area contributed by atoms with Gasteiger partial charge in [0.05, 0.1) is 6.67 Å². The second-order valence-corrected chi connectivity index (χ2v) is 7.07. The van der Waals surface area contributed by atoms with Crippen LogP contribution in [0.1, 0.15) is 18.4 Å². The van der Waals surface area contributed by atoms with Gasteiger partial charge in [-0.15, -0.1) is 0 Å². The van der Waals surface area contributed by atoms with E-state index in [2.05, 4.69) is 87.8 Å². The Labute approximate surface area is 151 Å². The van der Waals surface area contributed by atoms with Crippen molar-refractivity contribution in [2.45, 2.75) is 25.3 Å². The summed E-state index contributed by atoms with van der Waals surface area (Å²) in [5.74, 6) is 0. The number of likely N-dealkylation sites (tertiary alicyclic amines) is 1. The van der Waals surface area contributed by atoms with Gasteiger partial charge in [-0.25, -0.2) is 0 Å². The number of benzene rings is 2. The van der Waals surface area contributed by atoms with Gasteiger partial charge < -0.3 is 14.7 Å². The van der Waals surface area contributed by atoms with Crippen LogP contribution >= 0.6 is 0 Å². The molecule has 0 aliphatic carbocycles. The molecule has 0 radical (unpaired) electrons. The number of rotatable bonds is 5. The van der Waals surface area contributed by atoms with Crippen LogP contribution in [0.5, 0.6) is 0 Å². The van der Waals surface area contributed by atoms with Crippen molar-refractivity contribution in [1.82, 2.24) is 9.80 Å². The average molecular weight is 333 g/mol. The van der Waals surface area contributed by atoms with Crippen molar-refractivity contribution in [3.63, 3.8) is 0 Å². The first-order valence-electron chi connectivity index (χ1n) is 9.40. The number of anilines is 1. The summed E-state index contributed by atoms with van der Waals surface area (Å²) in [5.41, 5.74) is 2.73. The van der Waals surface area contributed by atoms with Gasteiger partial charge in [0.25, 0.3) is 0 Å². The zero-order chi connectivity index (χ0) is 16.9. The summed E-state index contributed by atoms with van der Waals surface area (Å²) in [4.78, 5) is 7.47. The first-order valence-corrected chi connectivity index (χ1v) is 9.40. The van der Waals surface area contributed by atoms with Gasteiger partial charge in [-0.05, 0) is 37.0 Å². The fourth-order valence-electron chi connectivity index (χ4n) is 3.87. The topological polar surface area (TPSA) is 9.72 Å². The monoisotopic (exact) mass is 333 g/mol. The molecule has 0 saturated carbocycles. The van der Waals surface area contributed by atoms with Gasteiger partial charge in [0.2, 0.25) is 0 Å². The predicted molar refractivity (Wildman–Crippen MR) is 104 cm³/mol. The van der Waals surface area contributed by atoms with E-state index >= 15 is 0 Å². The molecular formula is C22H27N3. The van der Waals surface area contributed by atoms with Crippen molar-refractivity contribution in [3.05, 3.63) is 78.6 Å². The Balaban J connectivity index is 1.23. The molecule has 1 saturated heterocycles. The molecule has 130 valence electrons. The fourth-order valence-corrected chi connectivity index (χ4v) is 3.87. The molecule has 2 aliphatic heterocycles. The maximum Gasteiger partial charge on any atom is 0.0944 e. The largest absolute Gasteiger partial charge is 0.355 e. The summed E-state index contributed by atoms with van der Waals surface area (Å²) in [7, 11) is 0. The summed E-state index contributed by atoms with van der Waals surface area (Å²) in [5, 5.41) is 0. The minimum Gasteiger partial charge on any atom is -0.355 e. The third-order valence-corrected chi connectivity index (χ3v) is 5.43. The van der Waals surface area contributed by atoms with E-state index in [1.807, 2.05) is 0 Å². The molecular weight excluding hydrogens is 306 g/mol. The number of para-hydroxylation sites is 1. The smallest absolute Gasteiger partial charge is 0.0944 e. The van der Waals surface area contributed by atoms with Crippen LogP contribution in [0.3, 0.4) is 0 Å². The Hall–Kier alpha value is -2.26. The molecule has 1 fully saturated rings. The molecule has 3 nitrogen and oxygen atoms in total. The highest BCUT2D eigenvalue weighted by atomic mass is 15.4. The van der Waals surface area contributed by atoms with Crippen molar-refractivity contribution in [2.24, 2.45) is 0 Å². The van der Waals surface area contributed by atoms with Crippen LogP contribution < -0.4 is 4.90 Å². The SMILES string of the molecule is C1=CN(C2CCN(CCc3ccccc3)CC2)CN1c1ccccc1. The Kier molecular flexibility index (Phi) is 5.03. The minimum absolute atomic E-state index is 0.679. The van der Waals surface area contributed by atoms with Crippen molar-refractivity contribution < 1.29 is 0 Å². The maximum absolute atomic E-state index is 2.62. The first kappa shape index (κ1) is 16.2. The molecule has 2 heterocycles. The zero-order valence-electron chi connectivity index (χ0n) is 14.8. The van der Waals surface area contributed by atoms with Crippen molar-refractivity contribution in [2.75, 3.05) is 31.2 Å². The molecule has 0 amide bonds. The quantitative estimate of drug-likeness (QED) is 0.820. The van der Waals surface area contributed by atoms with Crippen LogP contribution in [0.2, 0.25) is 0 Å². The van der Waals surface area contributed by atoms with E-state index in [1.165, 1.54) is 43.7 Å². The minimum atomic E-state index is 0.679.